The van der Waals surface area contributed by atoms with Crippen molar-refractivity contribution in [1.82, 2.24) is 4.72 Å². The Labute approximate surface area is 109 Å². The first kappa shape index (κ1) is 13.9. The fourth-order valence-corrected chi connectivity index (χ4v) is 1.70. The summed E-state index contributed by atoms with van der Waals surface area (Å²) < 4.78 is 6.24. The molecule has 1 aromatic carbocycles. The highest BCUT2D eigenvalue weighted by molar-refractivity contribution is 8.00. The van der Waals surface area contributed by atoms with Crippen LogP contribution in [0.5, 0.6) is 0 Å². The molecule has 4 nitrogen and oxygen atoms in total. The lowest BCUT2D eigenvalue weighted by Crippen LogP contribution is -2.23. The van der Waals surface area contributed by atoms with Gasteiger partial charge in [-0.05, 0) is 31.0 Å². The molecule has 1 N–H and O–H groups in total. The van der Waals surface area contributed by atoms with Crippen LogP contribution < -0.4 is 4.72 Å². The van der Waals surface area contributed by atoms with Gasteiger partial charge in [0, 0.05) is 5.56 Å². The third-order valence-corrected chi connectivity index (χ3v) is 2.91. The van der Waals surface area contributed by atoms with E-state index in [-0.39, 0.29) is 12.5 Å². The van der Waals surface area contributed by atoms with Gasteiger partial charge in [0.05, 0.1) is 6.61 Å². The van der Waals surface area contributed by atoms with Gasteiger partial charge in [0.25, 0.3) is 5.91 Å². The summed E-state index contributed by atoms with van der Waals surface area (Å²) in [7, 11) is 0. The van der Waals surface area contributed by atoms with Crippen molar-refractivity contribution < 1.29 is 14.3 Å². The van der Waals surface area contributed by atoms with Gasteiger partial charge in [0.15, 0.2) is 4.71 Å². The zero-order chi connectivity index (χ0) is 12.7. The largest absolute Gasteiger partial charge is 0.464 e. The number of carbonyl (C=O) groups excluding carboxylic acids is 2. The maximum absolute atomic E-state index is 11.6. The lowest BCUT2D eigenvalue weighted by Gasteiger charge is -2.08. The molecule has 1 rings (SSSR count). The van der Waals surface area contributed by atoms with Crippen LogP contribution in [-0.4, -0.2) is 23.2 Å². The van der Waals surface area contributed by atoms with Crippen LogP contribution in [0.4, 0.5) is 0 Å². The van der Waals surface area contributed by atoms with Gasteiger partial charge >= 0.3 is 5.97 Å². The minimum Gasteiger partial charge on any atom is -0.464 e. The molecule has 0 saturated carbocycles. The Morgan fingerprint density at radius 1 is 1.41 bits per heavy atom. The number of alkyl halides is 1. The number of esters is 1. The van der Waals surface area contributed by atoms with E-state index in [1.165, 1.54) is 0 Å². The molecule has 92 valence electrons. The van der Waals surface area contributed by atoms with Crippen LogP contribution in [-0.2, 0) is 9.53 Å². The summed E-state index contributed by atoms with van der Waals surface area (Å²) in [6, 6.07) is 8.66. The quantitative estimate of drug-likeness (QED) is 0.508. The van der Waals surface area contributed by atoms with Crippen molar-refractivity contribution in [3.05, 3.63) is 35.9 Å². The highest BCUT2D eigenvalue weighted by atomic mass is 35.5. The molecule has 1 aromatic rings. The molecule has 0 aliphatic carbocycles. The van der Waals surface area contributed by atoms with Gasteiger partial charge < -0.3 is 4.74 Å². The number of hydrogen-bond donors (Lipinski definition) is 1. The first-order chi connectivity index (χ1) is 8.15. The molecule has 1 unspecified atom stereocenters. The van der Waals surface area contributed by atoms with E-state index in [2.05, 4.69) is 4.72 Å². The first-order valence-corrected chi connectivity index (χ1v) is 6.28. The number of amides is 1. The summed E-state index contributed by atoms with van der Waals surface area (Å²) in [5.41, 5.74) is 0.507. The molecule has 0 aliphatic heterocycles. The third-order valence-electron chi connectivity index (χ3n) is 1.76. The predicted octanol–water partition coefficient (Wildman–Crippen LogP) is 2.19. The number of nitrogens with one attached hydrogen (secondary N) is 1. The fraction of sp³-hybridized carbons (Fsp3) is 0.273. The van der Waals surface area contributed by atoms with Crippen LogP contribution in [0.25, 0.3) is 0 Å². The van der Waals surface area contributed by atoms with E-state index >= 15 is 0 Å². The van der Waals surface area contributed by atoms with E-state index in [0.717, 1.165) is 11.9 Å². The van der Waals surface area contributed by atoms with Gasteiger partial charge in [0.2, 0.25) is 0 Å². The smallest absolute Gasteiger partial charge is 0.336 e. The van der Waals surface area contributed by atoms with Crippen molar-refractivity contribution >= 4 is 35.4 Å². The summed E-state index contributed by atoms with van der Waals surface area (Å²) >= 11 is 6.53. The molecule has 1 amide bonds. The standard InChI is InChI=1S/C11H12ClNO3S/c1-2-16-11(15)9(12)17-13-10(14)8-6-4-3-5-7-8/h3-7,9H,2H2,1H3,(H,13,14). The molecule has 0 spiro atoms. The number of rotatable bonds is 5. The maximum Gasteiger partial charge on any atom is 0.336 e. The summed E-state index contributed by atoms with van der Waals surface area (Å²) in [6.07, 6.45) is 0. The summed E-state index contributed by atoms with van der Waals surface area (Å²) in [5.74, 6) is -0.863. The number of carbonyl (C=O) groups is 2. The van der Waals surface area contributed by atoms with Crippen LogP contribution in [0.15, 0.2) is 30.3 Å². The van der Waals surface area contributed by atoms with Gasteiger partial charge in [0.1, 0.15) is 0 Å². The number of hydrogen-bond acceptors (Lipinski definition) is 4. The monoisotopic (exact) mass is 273 g/mol. The predicted molar refractivity (Wildman–Crippen MR) is 67.8 cm³/mol. The van der Waals surface area contributed by atoms with Gasteiger partial charge in [-0.3, -0.25) is 9.52 Å². The van der Waals surface area contributed by atoms with Crippen molar-refractivity contribution in [2.45, 2.75) is 11.6 Å². The highest BCUT2D eigenvalue weighted by Crippen LogP contribution is 2.14. The third kappa shape index (κ3) is 4.66. The molecular weight excluding hydrogens is 262 g/mol. The van der Waals surface area contributed by atoms with E-state index < -0.39 is 10.7 Å². The summed E-state index contributed by atoms with van der Waals surface area (Å²) in [4.78, 5) is 22.8. The molecule has 0 bridgehead atoms. The normalized spacial score (nSPS) is 11.6. The molecular formula is C11H12ClNO3S. The van der Waals surface area contributed by atoms with Crippen molar-refractivity contribution in [3.8, 4) is 0 Å². The van der Waals surface area contributed by atoms with Gasteiger partial charge in [-0.2, -0.15) is 0 Å². The zero-order valence-electron chi connectivity index (χ0n) is 9.18. The van der Waals surface area contributed by atoms with Crippen molar-refractivity contribution in [2.24, 2.45) is 0 Å². The summed E-state index contributed by atoms with van der Waals surface area (Å²) in [5, 5.41) is 0. The van der Waals surface area contributed by atoms with E-state index in [1.54, 1.807) is 31.2 Å². The van der Waals surface area contributed by atoms with Crippen molar-refractivity contribution in [2.75, 3.05) is 6.61 Å². The Morgan fingerprint density at radius 3 is 2.65 bits per heavy atom. The molecule has 17 heavy (non-hydrogen) atoms. The molecule has 0 radical (unpaired) electrons. The second kappa shape index (κ2) is 7.19. The molecule has 1 atom stereocenters. The Kier molecular flexibility index (Phi) is 5.86. The average molecular weight is 274 g/mol. The topological polar surface area (TPSA) is 55.4 Å². The first-order valence-electron chi connectivity index (χ1n) is 4.97. The minimum atomic E-state index is -0.942. The van der Waals surface area contributed by atoms with Crippen molar-refractivity contribution in [3.63, 3.8) is 0 Å². The molecule has 0 saturated heterocycles. The van der Waals surface area contributed by atoms with E-state index in [9.17, 15) is 9.59 Å². The van der Waals surface area contributed by atoms with E-state index in [1.807, 2.05) is 6.07 Å². The van der Waals surface area contributed by atoms with Gasteiger partial charge in [-0.25, -0.2) is 4.79 Å². The van der Waals surface area contributed by atoms with Gasteiger partial charge in [-0.1, -0.05) is 29.8 Å². The van der Waals surface area contributed by atoms with E-state index in [0.29, 0.717) is 5.56 Å². The lowest BCUT2D eigenvalue weighted by molar-refractivity contribution is -0.140. The molecule has 0 aliphatic rings. The molecule has 0 aromatic heterocycles. The van der Waals surface area contributed by atoms with Crippen LogP contribution >= 0.6 is 23.5 Å². The van der Waals surface area contributed by atoms with Crippen LogP contribution in [0, 0.1) is 0 Å². The number of ether oxygens (including phenoxy) is 1. The zero-order valence-corrected chi connectivity index (χ0v) is 10.8. The highest BCUT2D eigenvalue weighted by Gasteiger charge is 2.18. The Hall–Kier alpha value is -1.20. The Morgan fingerprint density at radius 2 is 2.06 bits per heavy atom. The molecule has 0 fully saturated rings. The number of benzene rings is 1. The van der Waals surface area contributed by atoms with Crippen LogP contribution in [0.2, 0.25) is 0 Å². The molecule has 6 heteroatoms. The van der Waals surface area contributed by atoms with Gasteiger partial charge in [-0.15, -0.1) is 0 Å². The fourth-order valence-electron chi connectivity index (χ4n) is 1.01. The Balaban J connectivity index is 2.41. The second-order valence-corrected chi connectivity index (χ2v) is 4.59. The van der Waals surface area contributed by atoms with Crippen LogP contribution in [0.1, 0.15) is 17.3 Å². The maximum atomic E-state index is 11.6. The summed E-state index contributed by atoms with van der Waals surface area (Å²) in [6.45, 7) is 1.95. The van der Waals surface area contributed by atoms with Crippen LogP contribution in [0.3, 0.4) is 0 Å². The van der Waals surface area contributed by atoms with Crippen molar-refractivity contribution in [1.29, 1.82) is 0 Å². The average Bonchev–Trinajstić information content (AvgIpc) is 2.36. The number of halogens is 1. The lowest BCUT2D eigenvalue weighted by atomic mass is 10.2. The second-order valence-electron chi connectivity index (χ2n) is 2.98. The minimum absolute atomic E-state index is 0.259. The Bertz CT molecular complexity index is 386. The SMILES string of the molecule is CCOC(=O)C(Cl)SNC(=O)c1ccccc1. The van der Waals surface area contributed by atoms with E-state index in [4.69, 9.17) is 16.3 Å². The molecule has 0 heterocycles.